The predicted octanol–water partition coefficient (Wildman–Crippen LogP) is 10.9. The van der Waals surface area contributed by atoms with Gasteiger partial charge in [-0.05, 0) is 38.2 Å². The Morgan fingerprint density at radius 1 is 0.385 bits per heavy atom. The predicted molar refractivity (Wildman–Crippen MR) is 165 cm³/mol. The molecular formula is C38H24O. The zero-order valence-corrected chi connectivity index (χ0v) is 20.3. The number of rotatable bonds is 3. The van der Waals surface area contributed by atoms with E-state index in [1.54, 1.807) is 12.1 Å². The summed E-state index contributed by atoms with van der Waals surface area (Å²) in [4.78, 5) is 0. The van der Waals surface area contributed by atoms with Gasteiger partial charge in [0.1, 0.15) is 11.2 Å². The molecule has 0 N–H and O–H groups in total. The second kappa shape index (κ2) is 8.72. The maximum atomic E-state index is 9.25. The van der Waals surface area contributed by atoms with E-state index in [0.717, 1.165) is 16.5 Å². The van der Waals surface area contributed by atoms with Gasteiger partial charge in [-0.15, -0.1) is 0 Å². The summed E-state index contributed by atoms with van der Waals surface area (Å²) in [6.07, 6.45) is 0. The Morgan fingerprint density at radius 2 is 0.897 bits per heavy atom. The van der Waals surface area contributed by atoms with Crippen LogP contribution in [0.15, 0.2) is 150 Å². The minimum Gasteiger partial charge on any atom is -0.455 e. The van der Waals surface area contributed by atoms with Crippen molar-refractivity contribution in [2.75, 3.05) is 0 Å². The van der Waals surface area contributed by atoms with Crippen molar-refractivity contribution in [3.05, 3.63) is 145 Å². The van der Waals surface area contributed by atoms with E-state index in [4.69, 9.17) is 16.8 Å². The van der Waals surface area contributed by atoms with Crippen molar-refractivity contribution in [3.8, 4) is 33.4 Å². The molecule has 8 rings (SSSR count). The Kier molecular flexibility index (Phi) is 2.82. The first-order chi connectivity index (χ1) is 24.8. The van der Waals surface area contributed by atoms with Crippen LogP contribution in [0.4, 0.5) is 0 Å². The molecule has 1 nitrogen and oxygen atoms in total. The summed E-state index contributed by atoms with van der Waals surface area (Å²) >= 11 is 0. The van der Waals surface area contributed by atoms with Crippen molar-refractivity contribution in [3.63, 3.8) is 0 Å². The minimum absolute atomic E-state index is 0.0195. The molecule has 0 atom stereocenters. The van der Waals surface area contributed by atoms with Gasteiger partial charge in [-0.2, -0.15) is 0 Å². The molecular weight excluding hydrogens is 472 g/mol. The summed E-state index contributed by atoms with van der Waals surface area (Å²) in [5.41, 5.74) is 2.00. The Morgan fingerprint density at radius 3 is 1.51 bits per heavy atom. The minimum atomic E-state index is -0.718. The van der Waals surface area contributed by atoms with E-state index in [0.29, 0.717) is 16.6 Å². The molecule has 0 radical (unpaired) electrons. The molecule has 0 bridgehead atoms. The van der Waals surface area contributed by atoms with Crippen molar-refractivity contribution in [1.82, 2.24) is 0 Å². The second-order valence-electron chi connectivity index (χ2n) is 9.08. The van der Waals surface area contributed by atoms with E-state index in [1.807, 2.05) is 54.6 Å². The van der Waals surface area contributed by atoms with Crippen LogP contribution >= 0.6 is 0 Å². The second-order valence-corrected chi connectivity index (χ2v) is 9.08. The molecule has 0 spiro atoms. The number of para-hydroxylation sites is 2. The van der Waals surface area contributed by atoms with Gasteiger partial charge in [0, 0.05) is 27.5 Å². The van der Waals surface area contributed by atoms with Gasteiger partial charge in [0.25, 0.3) is 0 Å². The Bertz CT molecular complexity index is 2770. The maximum absolute atomic E-state index is 9.25. The Hall–Kier alpha value is -5.14. The van der Waals surface area contributed by atoms with E-state index < -0.39 is 84.1 Å². The average molecular weight is 510 g/mol. The average Bonchev–Trinajstić information content (AvgIpc) is 3.55. The van der Waals surface area contributed by atoms with Crippen molar-refractivity contribution < 1.29 is 22.2 Å². The number of benzene rings is 7. The van der Waals surface area contributed by atoms with Gasteiger partial charge in [-0.25, -0.2) is 0 Å². The molecule has 0 amide bonds. The molecule has 0 aliphatic carbocycles. The van der Waals surface area contributed by atoms with Crippen LogP contribution in [0.3, 0.4) is 0 Å². The summed E-state index contributed by atoms with van der Waals surface area (Å²) in [6.45, 7) is 0. The van der Waals surface area contributed by atoms with Gasteiger partial charge >= 0.3 is 0 Å². The third-order valence-corrected chi connectivity index (χ3v) is 7.00. The van der Waals surface area contributed by atoms with Gasteiger partial charge in [-0.3, -0.25) is 0 Å². The van der Waals surface area contributed by atoms with Crippen molar-refractivity contribution in [2.45, 2.75) is 0 Å². The number of fused-ring (bicyclic) bond motifs is 5. The van der Waals surface area contributed by atoms with Gasteiger partial charge < -0.3 is 4.42 Å². The molecule has 0 saturated carbocycles. The zero-order valence-electron chi connectivity index (χ0n) is 33.3. The molecule has 8 aromatic rings. The summed E-state index contributed by atoms with van der Waals surface area (Å²) in [5, 5.41) is 0.516. The fourth-order valence-corrected chi connectivity index (χ4v) is 5.38. The van der Waals surface area contributed by atoms with Crippen molar-refractivity contribution >= 4 is 43.5 Å². The van der Waals surface area contributed by atoms with Crippen LogP contribution in [0.25, 0.3) is 76.9 Å². The van der Waals surface area contributed by atoms with E-state index in [2.05, 4.69) is 0 Å². The first kappa shape index (κ1) is 12.6. The molecule has 0 aliphatic rings. The number of hydrogen-bond donors (Lipinski definition) is 0. The third kappa shape index (κ3) is 3.34. The molecule has 1 heterocycles. The van der Waals surface area contributed by atoms with E-state index in [9.17, 15) is 5.48 Å². The van der Waals surface area contributed by atoms with Crippen molar-refractivity contribution in [1.29, 1.82) is 0 Å². The topological polar surface area (TPSA) is 13.1 Å². The zero-order chi connectivity index (χ0) is 37.1. The van der Waals surface area contributed by atoms with Crippen LogP contribution in [-0.2, 0) is 0 Å². The van der Waals surface area contributed by atoms with Crippen LogP contribution in [-0.4, -0.2) is 0 Å². The van der Waals surface area contributed by atoms with Gasteiger partial charge in [-0.1, -0.05) is 145 Å². The van der Waals surface area contributed by atoms with Crippen LogP contribution in [0.1, 0.15) is 17.8 Å². The largest absolute Gasteiger partial charge is 0.455 e. The molecule has 0 unspecified atom stereocenters. The molecule has 7 aromatic carbocycles. The highest BCUT2D eigenvalue weighted by atomic mass is 16.3. The van der Waals surface area contributed by atoms with Crippen LogP contribution in [0.5, 0.6) is 0 Å². The summed E-state index contributed by atoms with van der Waals surface area (Å²) < 4.78 is 121. The fourth-order valence-electron chi connectivity index (χ4n) is 5.38. The van der Waals surface area contributed by atoms with Gasteiger partial charge in [0.15, 0.2) is 0 Å². The van der Waals surface area contributed by atoms with Crippen LogP contribution in [0.2, 0.25) is 0 Å². The van der Waals surface area contributed by atoms with Crippen LogP contribution < -0.4 is 0 Å². The highest BCUT2D eigenvalue weighted by molar-refractivity contribution is 6.24. The Balaban J connectivity index is 1.68. The lowest BCUT2D eigenvalue weighted by Crippen LogP contribution is -1.90. The lowest BCUT2D eigenvalue weighted by Gasteiger charge is -2.17. The highest BCUT2D eigenvalue weighted by Crippen LogP contribution is 2.47. The normalized spacial score (nSPS) is 16.3. The molecule has 39 heavy (non-hydrogen) atoms. The molecule has 1 aromatic heterocycles. The molecule has 182 valence electrons. The Labute approximate surface area is 244 Å². The highest BCUT2D eigenvalue weighted by Gasteiger charge is 2.20. The van der Waals surface area contributed by atoms with Gasteiger partial charge in [0.05, 0.1) is 17.8 Å². The monoisotopic (exact) mass is 509 g/mol. The summed E-state index contributed by atoms with van der Waals surface area (Å²) in [6, 6.07) is 12.0. The first-order valence-corrected chi connectivity index (χ1v) is 12.3. The number of furan rings is 1. The standard InChI is InChI=1S/C38H24O/c1-3-13-25(14-4-1)27-21-11-22-32-33-23-12-24-34(38(33)39-37(27)32)36-30-19-9-7-17-28(30)35(26-15-5-2-6-16-26)29-18-8-10-20-31(29)36/h1-24H/i2D,5D,6D,7D,8D,9D,10D,15D,16D,17D,18D,19D,20D. The molecule has 0 fully saturated rings. The SMILES string of the molecule is [2H]c1c([2H])c([2H])c(-c2c3c([2H])c([2H])c([2H])c([2H])c3c(-c3cccc4c3oc3c(-c5ccccc5)cccc34)c3c([2H])c([2H])c([2H])c([2H])c23)c([2H])c1[2H]. The lowest BCUT2D eigenvalue weighted by molar-refractivity contribution is 0.671. The quantitative estimate of drug-likeness (QED) is 0.216. The lowest BCUT2D eigenvalue weighted by atomic mass is 9.85. The van der Waals surface area contributed by atoms with E-state index >= 15 is 0 Å². The fraction of sp³-hybridized carbons (Fsp3) is 0. The molecule has 1 heteroatoms. The molecule has 0 saturated heterocycles. The van der Waals surface area contributed by atoms with Gasteiger partial charge in [0.2, 0.25) is 0 Å². The number of hydrogen-bond acceptors (Lipinski definition) is 1. The van der Waals surface area contributed by atoms with E-state index in [-0.39, 0.29) is 38.2 Å². The first-order valence-electron chi connectivity index (χ1n) is 18.8. The third-order valence-electron chi connectivity index (χ3n) is 7.00. The van der Waals surface area contributed by atoms with Crippen LogP contribution in [0, 0.1) is 0 Å². The van der Waals surface area contributed by atoms with Crippen molar-refractivity contribution in [2.24, 2.45) is 0 Å². The smallest absolute Gasteiger partial charge is 0.143 e. The van der Waals surface area contributed by atoms with E-state index in [1.165, 1.54) is 0 Å². The summed E-state index contributed by atoms with van der Waals surface area (Å²) in [5.74, 6) is 0. The maximum Gasteiger partial charge on any atom is 0.143 e. The molecule has 0 aliphatic heterocycles. The summed E-state index contributed by atoms with van der Waals surface area (Å²) in [7, 11) is 0.